The van der Waals surface area contributed by atoms with Crippen molar-refractivity contribution in [1.29, 1.82) is 0 Å². The van der Waals surface area contributed by atoms with Crippen molar-refractivity contribution in [3.05, 3.63) is 139 Å². The number of allylic oxidation sites excluding steroid dienone is 1. The molecule has 0 aliphatic heterocycles. The van der Waals surface area contributed by atoms with Gasteiger partial charge in [-0.05, 0) is 191 Å². The highest BCUT2D eigenvalue weighted by molar-refractivity contribution is 5.90. The first-order valence-electron chi connectivity index (χ1n) is 28.5. The van der Waals surface area contributed by atoms with E-state index in [0.717, 1.165) is 110 Å². The predicted molar refractivity (Wildman–Crippen MR) is 297 cm³/mol. The normalized spacial score (nSPS) is 25.7. The first kappa shape index (κ1) is 56.1. The van der Waals surface area contributed by atoms with E-state index in [1.54, 1.807) is 30.3 Å². The first-order valence-corrected chi connectivity index (χ1v) is 28.5. The zero-order valence-corrected chi connectivity index (χ0v) is 45.0. The van der Waals surface area contributed by atoms with Crippen LogP contribution in [0.3, 0.4) is 0 Å². The molecule has 0 N–H and O–H groups in total. The van der Waals surface area contributed by atoms with Gasteiger partial charge in [0.05, 0.1) is 32.0 Å². The molecule has 0 atom stereocenters. The molecule has 398 valence electrons. The Labute approximate surface area is 444 Å². The van der Waals surface area contributed by atoms with Gasteiger partial charge in [-0.3, -0.25) is 0 Å². The van der Waals surface area contributed by atoms with Gasteiger partial charge in [0, 0.05) is 30.0 Å². The van der Waals surface area contributed by atoms with Crippen molar-refractivity contribution in [1.82, 2.24) is 0 Å². The van der Waals surface area contributed by atoms with E-state index < -0.39 is 17.2 Å². The van der Waals surface area contributed by atoms with Crippen LogP contribution in [-0.2, 0) is 29.3 Å². The van der Waals surface area contributed by atoms with Crippen LogP contribution in [0, 0.1) is 47.3 Å². The molecule has 0 unspecified atom stereocenters. The molecule has 4 aliphatic rings. The molecule has 74 heavy (non-hydrogen) atoms. The summed E-state index contributed by atoms with van der Waals surface area (Å²) >= 11 is 0. The fourth-order valence-corrected chi connectivity index (χ4v) is 12.6. The van der Waals surface area contributed by atoms with Crippen molar-refractivity contribution in [2.45, 2.75) is 166 Å². The zero-order chi connectivity index (χ0) is 52.2. The van der Waals surface area contributed by atoms with Crippen LogP contribution in [0.4, 0.5) is 0 Å². The van der Waals surface area contributed by atoms with Gasteiger partial charge in [0.25, 0.3) is 0 Å². The van der Waals surface area contributed by atoms with Crippen LogP contribution < -0.4 is 9.47 Å². The Balaban J connectivity index is 1.05. The Morgan fingerprint density at radius 2 is 1.05 bits per heavy atom. The molecule has 8 heteroatoms. The van der Waals surface area contributed by atoms with Gasteiger partial charge in [0.15, 0.2) is 5.60 Å². The standard InChI is InChI=1S/C66H86O8/c1-7-13-51-15-21-55(22-16-51)57-36-41-65(42-37-57,74-64(68)59-27-33-62(34-28-59)71-47-12-48-72-63(67)10-4)40-35-53-19-29-60(30-20-53)66(43-38-58(39-44-66)56-23-17-52(14-8-2)18-24-56)73-50(6)54-25-31-61(32-26-54)70-46-11-45-69-49(5)9-3/h9-10,19-20,25-34,51-52,55-58H,3-8,11-18,21-24,36-39,41-48H2,1-2H3. The van der Waals surface area contributed by atoms with E-state index in [2.05, 4.69) is 76.3 Å². The summed E-state index contributed by atoms with van der Waals surface area (Å²) in [5, 5.41) is 0. The van der Waals surface area contributed by atoms with Crippen LogP contribution in [0.25, 0.3) is 5.76 Å². The highest BCUT2D eigenvalue weighted by atomic mass is 16.6. The molecule has 0 saturated heterocycles. The highest BCUT2D eigenvalue weighted by Crippen LogP contribution is 2.50. The molecule has 0 amide bonds. The monoisotopic (exact) mass is 1010 g/mol. The van der Waals surface area contributed by atoms with Gasteiger partial charge < -0.3 is 28.4 Å². The summed E-state index contributed by atoms with van der Waals surface area (Å²) < 4.78 is 36.1. The van der Waals surface area contributed by atoms with Crippen LogP contribution in [0.1, 0.15) is 182 Å². The van der Waals surface area contributed by atoms with E-state index in [-0.39, 0.29) is 12.6 Å². The SMILES string of the molecule is C=CC(=C)OCCCOc1ccc(C(=C)OC2(c3ccc(C#CC4(OC(=O)c5ccc(OCCCOC(=O)C=C)cc5)CCC(C5CCC(CCC)CC5)CC4)cc3)CCC(C3CCC(CCC)CC3)CC2)cc1. The maximum Gasteiger partial charge on any atom is 0.339 e. The molecular weight excluding hydrogens is 921 g/mol. The second kappa shape index (κ2) is 28.3. The Morgan fingerprint density at radius 3 is 1.55 bits per heavy atom. The van der Waals surface area contributed by atoms with Gasteiger partial charge in [0.2, 0.25) is 0 Å². The summed E-state index contributed by atoms with van der Waals surface area (Å²) in [6.45, 7) is 21.7. The quantitative estimate of drug-likeness (QED) is 0.0207. The molecule has 0 aromatic heterocycles. The minimum Gasteiger partial charge on any atom is -0.494 e. The van der Waals surface area contributed by atoms with Crippen molar-refractivity contribution in [2.24, 2.45) is 35.5 Å². The number of rotatable bonds is 25. The first-order chi connectivity index (χ1) is 36.0. The number of ether oxygens (including phenoxy) is 6. The summed E-state index contributed by atoms with van der Waals surface area (Å²) in [7, 11) is 0. The van der Waals surface area contributed by atoms with Crippen LogP contribution >= 0.6 is 0 Å². The fourth-order valence-electron chi connectivity index (χ4n) is 12.6. The highest BCUT2D eigenvalue weighted by Gasteiger charge is 2.43. The van der Waals surface area contributed by atoms with E-state index >= 15 is 0 Å². The van der Waals surface area contributed by atoms with Gasteiger partial charge in [-0.2, -0.15) is 0 Å². The van der Waals surface area contributed by atoms with E-state index in [0.29, 0.717) is 60.9 Å². The maximum absolute atomic E-state index is 14.0. The number of hydrogen-bond donors (Lipinski definition) is 0. The minimum atomic E-state index is -0.893. The molecule has 3 aromatic carbocycles. The number of hydrogen-bond acceptors (Lipinski definition) is 8. The number of carbonyl (C=O) groups excluding carboxylic acids is 2. The van der Waals surface area contributed by atoms with Crippen LogP contribution in [0.5, 0.6) is 11.5 Å². The largest absolute Gasteiger partial charge is 0.494 e. The van der Waals surface area contributed by atoms with Crippen molar-refractivity contribution in [3.8, 4) is 23.3 Å². The van der Waals surface area contributed by atoms with E-state index in [4.69, 9.17) is 28.4 Å². The molecule has 0 heterocycles. The van der Waals surface area contributed by atoms with E-state index in [9.17, 15) is 9.59 Å². The van der Waals surface area contributed by atoms with Crippen molar-refractivity contribution in [2.75, 3.05) is 26.4 Å². The van der Waals surface area contributed by atoms with E-state index in [1.807, 2.05) is 24.3 Å². The fraction of sp³-hybridized carbons (Fsp3) is 0.545. The van der Waals surface area contributed by atoms with Gasteiger partial charge in [-0.25, -0.2) is 9.59 Å². The summed E-state index contributed by atoms with van der Waals surface area (Å²) in [4.78, 5) is 25.4. The number of benzene rings is 3. The molecular formula is C66H86O8. The lowest BCUT2D eigenvalue weighted by molar-refractivity contribution is -0.137. The maximum atomic E-state index is 14.0. The summed E-state index contributed by atoms with van der Waals surface area (Å²) in [6.07, 6.45) is 27.6. The van der Waals surface area contributed by atoms with Gasteiger partial charge >= 0.3 is 11.9 Å². The Hall–Kier alpha value is -5.68. The third-order valence-corrected chi connectivity index (χ3v) is 16.9. The predicted octanol–water partition coefficient (Wildman–Crippen LogP) is 16.1. The van der Waals surface area contributed by atoms with Crippen molar-refractivity contribution >= 4 is 17.7 Å². The van der Waals surface area contributed by atoms with Crippen LogP contribution in [0.2, 0.25) is 0 Å². The van der Waals surface area contributed by atoms with E-state index in [1.165, 1.54) is 77.0 Å². The molecule has 0 radical (unpaired) electrons. The molecule has 0 spiro atoms. The lowest BCUT2D eigenvalue weighted by atomic mass is 9.66. The molecule has 7 rings (SSSR count). The van der Waals surface area contributed by atoms with Gasteiger partial charge in [0.1, 0.15) is 28.6 Å². The summed E-state index contributed by atoms with van der Waals surface area (Å²) in [5.74, 6) is 13.6. The summed E-state index contributed by atoms with van der Waals surface area (Å²) in [6, 6.07) is 23.8. The lowest BCUT2D eigenvalue weighted by Gasteiger charge is -2.44. The smallest absolute Gasteiger partial charge is 0.339 e. The minimum absolute atomic E-state index is 0.245. The average molecular weight is 1010 g/mol. The molecule has 4 saturated carbocycles. The average Bonchev–Trinajstić information content (AvgIpc) is 3.44. The van der Waals surface area contributed by atoms with Crippen LogP contribution in [0.15, 0.2) is 117 Å². The zero-order valence-electron chi connectivity index (χ0n) is 45.0. The van der Waals surface area contributed by atoms with Crippen molar-refractivity contribution < 1.29 is 38.0 Å². The Kier molecular flexibility index (Phi) is 21.4. The third-order valence-electron chi connectivity index (χ3n) is 16.9. The molecule has 4 aliphatic carbocycles. The second-order valence-corrected chi connectivity index (χ2v) is 21.9. The number of carbonyl (C=O) groups is 2. The Morgan fingerprint density at radius 1 is 0.568 bits per heavy atom. The van der Waals surface area contributed by atoms with Crippen LogP contribution in [-0.4, -0.2) is 44.0 Å². The Bertz CT molecular complexity index is 2320. The molecule has 4 fully saturated rings. The molecule has 0 bridgehead atoms. The number of esters is 2. The molecule has 3 aromatic rings. The topological polar surface area (TPSA) is 89.5 Å². The molecule has 8 nitrogen and oxygen atoms in total. The summed E-state index contributed by atoms with van der Waals surface area (Å²) in [5.41, 5.74) is 2.02. The third kappa shape index (κ3) is 16.2. The lowest BCUT2D eigenvalue weighted by Crippen LogP contribution is -2.39. The van der Waals surface area contributed by atoms with Gasteiger partial charge in [-0.1, -0.05) is 110 Å². The second-order valence-electron chi connectivity index (χ2n) is 21.9. The van der Waals surface area contributed by atoms with Gasteiger partial charge in [-0.15, -0.1) is 0 Å². The van der Waals surface area contributed by atoms with Crippen molar-refractivity contribution in [3.63, 3.8) is 0 Å².